The standard InChI is InChI=1S/C18H18N4O4/c1-10-7-25-18(26-10)17(9-20)14(16(17,8-19)15(21)22-18)11-4-5-12(23-2)13(6-11)24-3/h4-6,10,14H,7H2,1-3H3,(H2,21,22)/t10-,14+,16+,17+,18-/m0/s1. The molecule has 1 aliphatic carbocycles. The molecule has 0 unspecified atom stereocenters. The Hall–Kier alpha value is -2.81. The molecule has 134 valence electrons. The lowest BCUT2D eigenvalue weighted by Crippen LogP contribution is -2.39. The van der Waals surface area contributed by atoms with Gasteiger partial charge in [0.25, 0.3) is 5.91 Å². The van der Waals surface area contributed by atoms with E-state index in [-0.39, 0.29) is 18.5 Å². The lowest BCUT2D eigenvalue weighted by atomic mass is 9.94. The van der Waals surface area contributed by atoms with Crippen LogP contribution in [0, 0.1) is 33.5 Å². The number of nitriles is 2. The number of hydrogen-bond donors (Lipinski definition) is 1. The van der Waals surface area contributed by atoms with Gasteiger partial charge in [-0.3, -0.25) is 0 Å². The fraction of sp³-hybridized carbons (Fsp3) is 0.500. The predicted molar refractivity (Wildman–Crippen MR) is 89.2 cm³/mol. The molecule has 1 aromatic carbocycles. The minimum atomic E-state index is -1.56. The van der Waals surface area contributed by atoms with Crippen molar-refractivity contribution in [3.8, 4) is 23.6 Å². The van der Waals surface area contributed by atoms with E-state index in [9.17, 15) is 10.5 Å². The van der Waals surface area contributed by atoms with Crippen LogP contribution >= 0.6 is 0 Å². The van der Waals surface area contributed by atoms with Gasteiger partial charge in [0.05, 0.1) is 39.1 Å². The number of ether oxygens (including phenoxy) is 4. The zero-order valence-corrected chi connectivity index (χ0v) is 14.6. The highest BCUT2D eigenvalue weighted by Gasteiger charge is 2.94. The van der Waals surface area contributed by atoms with Gasteiger partial charge in [0.1, 0.15) is 11.3 Å². The Labute approximate surface area is 150 Å². The third kappa shape index (κ3) is 1.57. The number of rotatable bonds is 3. The molecule has 3 aliphatic rings. The SMILES string of the molecule is COc1ccc([C@H]2[C@@]3(C#N)[C@]4(N=C(N)[C@@]23C#N)OC[C@H](C)O4)cc1OC. The van der Waals surface area contributed by atoms with Crippen LogP contribution in [0.1, 0.15) is 18.4 Å². The van der Waals surface area contributed by atoms with Gasteiger partial charge in [-0.25, -0.2) is 4.99 Å². The largest absolute Gasteiger partial charge is 0.493 e. The number of aliphatic imine (C=N–C) groups is 1. The average Bonchev–Trinajstić information content (AvgIpc) is 3.05. The average molecular weight is 354 g/mol. The van der Waals surface area contributed by atoms with Gasteiger partial charge in [-0.2, -0.15) is 10.5 Å². The monoisotopic (exact) mass is 354 g/mol. The Balaban J connectivity index is 1.88. The molecule has 2 fully saturated rings. The van der Waals surface area contributed by atoms with Crippen LogP contribution in [0.4, 0.5) is 0 Å². The van der Waals surface area contributed by atoms with Gasteiger partial charge in [-0.05, 0) is 24.6 Å². The first-order valence-electron chi connectivity index (χ1n) is 8.18. The summed E-state index contributed by atoms with van der Waals surface area (Å²) < 4.78 is 22.3. The van der Waals surface area contributed by atoms with Gasteiger partial charge in [0, 0.05) is 5.92 Å². The highest BCUT2D eigenvalue weighted by atomic mass is 16.8. The second-order valence-corrected chi connectivity index (χ2v) is 6.71. The van der Waals surface area contributed by atoms with Gasteiger partial charge in [0.15, 0.2) is 16.9 Å². The highest BCUT2D eigenvalue weighted by molar-refractivity contribution is 6.00. The number of benzene rings is 1. The van der Waals surface area contributed by atoms with Crippen LogP contribution in [0.25, 0.3) is 0 Å². The minimum absolute atomic E-state index is 0.0652. The third-order valence-electron chi connectivity index (χ3n) is 5.54. The van der Waals surface area contributed by atoms with Crippen molar-refractivity contribution < 1.29 is 18.9 Å². The van der Waals surface area contributed by atoms with Crippen LogP contribution < -0.4 is 15.2 Å². The van der Waals surface area contributed by atoms with E-state index in [1.807, 2.05) is 6.92 Å². The highest BCUT2D eigenvalue weighted by Crippen LogP contribution is 2.82. The smallest absolute Gasteiger partial charge is 0.293 e. The Kier molecular flexibility index (Phi) is 3.27. The lowest BCUT2D eigenvalue weighted by Gasteiger charge is -2.26. The van der Waals surface area contributed by atoms with Gasteiger partial charge >= 0.3 is 0 Å². The molecule has 1 spiro atoms. The molecule has 2 heterocycles. The summed E-state index contributed by atoms with van der Waals surface area (Å²) in [7, 11) is 3.07. The summed E-state index contributed by atoms with van der Waals surface area (Å²) in [5, 5.41) is 20.1. The van der Waals surface area contributed by atoms with Gasteiger partial charge in [0.2, 0.25) is 0 Å². The van der Waals surface area contributed by atoms with Crippen molar-refractivity contribution in [3.05, 3.63) is 23.8 Å². The van der Waals surface area contributed by atoms with Crippen LogP contribution in [0.3, 0.4) is 0 Å². The second-order valence-electron chi connectivity index (χ2n) is 6.71. The van der Waals surface area contributed by atoms with Crippen molar-refractivity contribution in [1.29, 1.82) is 10.5 Å². The number of nitrogens with zero attached hydrogens (tertiary/aromatic N) is 3. The van der Waals surface area contributed by atoms with E-state index in [0.717, 1.165) is 5.56 Å². The third-order valence-corrected chi connectivity index (χ3v) is 5.54. The van der Waals surface area contributed by atoms with Crippen LogP contribution in [0.15, 0.2) is 23.2 Å². The topological polar surface area (TPSA) is 123 Å². The van der Waals surface area contributed by atoms with Crippen LogP contribution in [0.5, 0.6) is 11.5 Å². The number of amidine groups is 1. The van der Waals surface area contributed by atoms with E-state index in [2.05, 4.69) is 17.1 Å². The van der Waals surface area contributed by atoms with E-state index in [1.54, 1.807) is 18.2 Å². The molecule has 5 atom stereocenters. The van der Waals surface area contributed by atoms with Crippen LogP contribution in [-0.2, 0) is 9.47 Å². The molecule has 0 bridgehead atoms. The second kappa shape index (κ2) is 5.10. The van der Waals surface area contributed by atoms with Gasteiger partial charge in [-0.15, -0.1) is 0 Å². The minimum Gasteiger partial charge on any atom is -0.493 e. The maximum atomic E-state index is 10.1. The van der Waals surface area contributed by atoms with Crippen LogP contribution in [-0.4, -0.2) is 38.7 Å². The summed E-state index contributed by atoms with van der Waals surface area (Å²) in [5.74, 6) is -0.985. The van der Waals surface area contributed by atoms with Gasteiger partial charge < -0.3 is 24.7 Å². The molecule has 1 aromatic rings. The maximum absolute atomic E-state index is 10.1. The Bertz CT molecular complexity index is 903. The molecule has 8 nitrogen and oxygen atoms in total. The molecule has 4 rings (SSSR count). The quantitative estimate of drug-likeness (QED) is 0.867. The van der Waals surface area contributed by atoms with Crippen molar-refractivity contribution in [2.24, 2.45) is 21.6 Å². The van der Waals surface area contributed by atoms with Crippen molar-refractivity contribution in [2.75, 3.05) is 20.8 Å². The van der Waals surface area contributed by atoms with Crippen molar-refractivity contribution in [1.82, 2.24) is 0 Å². The van der Waals surface area contributed by atoms with Gasteiger partial charge in [-0.1, -0.05) is 6.07 Å². The fourth-order valence-corrected chi connectivity index (χ4v) is 4.39. The number of methoxy groups -OCH3 is 2. The number of hydrogen-bond acceptors (Lipinski definition) is 8. The zero-order valence-electron chi connectivity index (χ0n) is 14.6. The van der Waals surface area contributed by atoms with E-state index in [1.165, 1.54) is 14.2 Å². The molecule has 0 amide bonds. The first-order valence-corrected chi connectivity index (χ1v) is 8.18. The molecule has 2 aliphatic heterocycles. The van der Waals surface area contributed by atoms with Crippen molar-refractivity contribution in [3.63, 3.8) is 0 Å². The Morgan fingerprint density at radius 1 is 1.23 bits per heavy atom. The summed E-state index contributed by atoms with van der Waals surface area (Å²) in [4.78, 5) is 4.29. The molecular formula is C18H18N4O4. The molecular weight excluding hydrogens is 336 g/mol. The zero-order chi connectivity index (χ0) is 18.7. The van der Waals surface area contributed by atoms with E-state index in [4.69, 9.17) is 24.7 Å². The first kappa shape index (κ1) is 16.6. The van der Waals surface area contributed by atoms with Crippen molar-refractivity contribution in [2.45, 2.75) is 24.9 Å². The molecule has 0 radical (unpaired) electrons. The summed E-state index contributed by atoms with van der Waals surface area (Å²) in [6.45, 7) is 2.10. The number of nitrogens with two attached hydrogens (primary N) is 1. The fourth-order valence-electron chi connectivity index (χ4n) is 4.39. The Morgan fingerprint density at radius 3 is 2.50 bits per heavy atom. The normalized spacial score (nSPS) is 39.7. The molecule has 1 saturated carbocycles. The molecule has 8 heteroatoms. The van der Waals surface area contributed by atoms with E-state index in [0.29, 0.717) is 11.5 Å². The summed E-state index contributed by atoms with van der Waals surface area (Å²) in [6, 6.07) is 9.77. The Morgan fingerprint density at radius 2 is 1.96 bits per heavy atom. The molecule has 0 aromatic heterocycles. The first-order chi connectivity index (χ1) is 12.5. The maximum Gasteiger partial charge on any atom is 0.293 e. The molecule has 1 saturated heterocycles. The predicted octanol–water partition coefficient (Wildman–Crippen LogP) is 1.28. The summed E-state index contributed by atoms with van der Waals surface area (Å²) in [6.07, 6.45) is -0.252. The van der Waals surface area contributed by atoms with E-state index >= 15 is 0 Å². The molecule has 2 N–H and O–H groups in total. The number of fused-ring (bicyclic) bond motifs is 2. The van der Waals surface area contributed by atoms with Crippen LogP contribution in [0.2, 0.25) is 0 Å². The lowest BCUT2D eigenvalue weighted by molar-refractivity contribution is -0.193. The van der Waals surface area contributed by atoms with E-state index < -0.39 is 22.7 Å². The molecule has 26 heavy (non-hydrogen) atoms. The van der Waals surface area contributed by atoms with Crippen molar-refractivity contribution >= 4 is 5.84 Å². The summed E-state index contributed by atoms with van der Waals surface area (Å²) in [5.41, 5.74) is 4.21. The summed E-state index contributed by atoms with van der Waals surface area (Å²) >= 11 is 0.